The Morgan fingerprint density at radius 3 is 2.88 bits per heavy atom. The van der Waals surface area contributed by atoms with Gasteiger partial charge in [0.2, 0.25) is 0 Å². The first-order valence-electron chi connectivity index (χ1n) is 8.99. The molecule has 0 spiro atoms. The van der Waals surface area contributed by atoms with Crippen LogP contribution in [0.1, 0.15) is 56.7 Å². The van der Waals surface area contributed by atoms with Crippen LogP contribution in [0.3, 0.4) is 0 Å². The molecule has 2 aromatic rings. The normalized spacial score (nSPS) is 16.4. The van der Waals surface area contributed by atoms with Gasteiger partial charge >= 0.3 is 0 Å². The molecule has 0 saturated heterocycles. The molecule has 1 aliphatic carbocycles. The zero-order valence-corrected chi connectivity index (χ0v) is 15.1. The number of rotatable bonds is 6. The average Bonchev–Trinajstić information content (AvgIpc) is 3.21. The molecule has 0 aliphatic heterocycles. The van der Waals surface area contributed by atoms with Gasteiger partial charge in [0.15, 0.2) is 0 Å². The third-order valence-electron chi connectivity index (χ3n) is 4.61. The van der Waals surface area contributed by atoms with E-state index < -0.39 is 0 Å². The summed E-state index contributed by atoms with van der Waals surface area (Å²) < 4.78 is 1.88. The summed E-state index contributed by atoms with van der Waals surface area (Å²) in [5.41, 5.74) is 10.0. The maximum Gasteiger partial charge on any atom is 0.118 e. The molecule has 2 aromatic heterocycles. The molecule has 0 atom stereocenters. The van der Waals surface area contributed by atoms with E-state index in [4.69, 9.17) is 5.73 Å². The van der Waals surface area contributed by atoms with Crippen molar-refractivity contribution in [3.8, 4) is 0 Å². The number of allylic oxidation sites excluding steroid dienone is 1. The summed E-state index contributed by atoms with van der Waals surface area (Å²) in [6.45, 7) is 8.23. The van der Waals surface area contributed by atoms with Crippen LogP contribution in [0.5, 0.6) is 0 Å². The first-order chi connectivity index (χ1) is 12.1. The Kier molecular flexibility index (Phi) is 5.22. The molecule has 3 N–H and O–H groups in total. The van der Waals surface area contributed by atoms with Gasteiger partial charge in [-0.05, 0) is 37.0 Å². The highest BCUT2D eigenvalue weighted by atomic mass is 15.2. The molecule has 1 aliphatic rings. The van der Waals surface area contributed by atoms with E-state index in [0.29, 0.717) is 17.6 Å². The number of hydrogen-bond donors (Lipinski definition) is 2. The van der Waals surface area contributed by atoms with Crippen molar-refractivity contribution in [3.63, 3.8) is 0 Å². The Morgan fingerprint density at radius 2 is 2.16 bits per heavy atom. The van der Waals surface area contributed by atoms with Crippen LogP contribution in [0, 0.1) is 0 Å². The maximum absolute atomic E-state index is 6.36. The molecule has 132 valence electrons. The van der Waals surface area contributed by atoms with Gasteiger partial charge in [0.05, 0.1) is 11.2 Å². The summed E-state index contributed by atoms with van der Waals surface area (Å²) in [6.07, 6.45) is 10.5. The van der Waals surface area contributed by atoms with E-state index in [2.05, 4.69) is 35.8 Å². The number of aromatic nitrogens is 2. The van der Waals surface area contributed by atoms with E-state index >= 15 is 0 Å². The van der Waals surface area contributed by atoms with Crippen molar-refractivity contribution in [2.75, 3.05) is 0 Å². The van der Waals surface area contributed by atoms with Crippen molar-refractivity contribution >= 4 is 17.4 Å². The number of pyridine rings is 1. The number of hydrogen-bond acceptors (Lipinski definition) is 4. The summed E-state index contributed by atoms with van der Waals surface area (Å²) in [5.74, 6) is 0.984. The van der Waals surface area contributed by atoms with Crippen LogP contribution in [0.2, 0.25) is 0 Å². The van der Waals surface area contributed by atoms with Crippen molar-refractivity contribution in [1.82, 2.24) is 14.9 Å². The molecule has 25 heavy (non-hydrogen) atoms. The topological polar surface area (TPSA) is 67.7 Å². The van der Waals surface area contributed by atoms with Crippen molar-refractivity contribution in [3.05, 3.63) is 54.1 Å². The largest absolute Gasteiger partial charge is 0.398 e. The third-order valence-corrected chi connectivity index (χ3v) is 4.61. The minimum absolute atomic E-state index is 0.290. The second kappa shape index (κ2) is 7.55. The smallest absolute Gasteiger partial charge is 0.118 e. The predicted octanol–water partition coefficient (Wildman–Crippen LogP) is 3.83. The fourth-order valence-corrected chi connectivity index (χ4v) is 3.35. The summed E-state index contributed by atoms with van der Waals surface area (Å²) >= 11 is 0. The minimum Gasteiger partial charge on any atom is -0.398 e. The van der Waals surface area contributed by atoms with Crippen molar-refractivity contribution in [2.24, 2.45) is 10.7 Å². The van der Waals surface area contributed by atoms with Crippen LogP contribution >= 0.6 is 0 Å². The molecular weight excluding hydrogens is 310 g/mol. The lowest BCUT2D eigenvalue weighted by molar-refractivity contribution is 0.583. The van der Waals surface area contributed by atoms with E-state index in [1.54, 1.807) is 6.21 Å². The van der Waals surface area contributed by atoms with Crippen LogP contribution < -0.4 is 11.1 Å². The number of nitrogens with two attached hydrogens (primary N) is 1. The van der Waals surface area contributed by atoms with E-state index in [0.717, 1.165) is 16.8 Å². The fourth-order valence-electron chi connectivity index (χ4n) is 3.35. The SMILES string of the molecule is C=C(N=C/C=C(\N)c1c(C(C)C)nn2ccccc12)NC1CCCC1. The van der Waals surface area contributed by atoms with Gasteiger partial charge in [0.25, 0.3) is 0 Å². The van der Waals surface area contributed by atoms with Gasteiger partial charge in [0.1, 0.15) is 5.82 Å². The number of nitrogens with one attached hydrogen (secondary N) is 1. The number of aliphatic imine (C=N–C) groups is 1. The zero-order chi connectivity index (χ0) is 17.8. The fraction of sp³-hybridized carbons (Fsp3) is 0.400. The monoisotopic (exact) mass is 337 g/mol. The Labute approximate surface area is 149 Å². The van der Waals surface area contributed by atoms with Crippen molar-refractivity contribution in [2.45, 2.75) is 51.5 Å². The molecule has 1 fully saturated rings. The van der Waals surface area contributed by atoms with Crippen molar-refractivity contribution < 1.29 is 0 Å². The highest BCUT2D eigenvalue weighted by Gasteiger charge is 2.17. The summed E-state index contributed by atoms with van der Waals surface area (Å²) in [6, 6.07) is 6.51. The molecular formula is C20H27N5. The van der Waals surface area contributed by atoms with Gasteiger partial charge in [-0.2, -0.15) is 5.10 Å². The van der Waals surface area contributed by atoms with E-state index in [1.807, 2.05) is 35.0 Å². The Balaban J connectivity index is 1.79. The van der Waals surface area contributed by atoms with Gasteiger partial charge in [0, 0.05) is 29.7 Å². The quantitative estimate of drug-likeness (QED) is 0.787. The third kappa shape index (κ3) is 3.92. The van der Waals surface area contributed by atoms with Crippen LogP contribution in [-0.4, -0.2) is 21.9 Å². The lowest BCUT2D eigenvalue weighted by Crippen LogP contribution is -2.23. The first kappa shape index (κ1) is 17.3. The van der Waals surface area contributed by atoms with Gasteiger partial charge in [-0.15, -0.1) is 0 Å². The summed E-state index contributed by atoms with van der Waals surface area (Å²) in [5, 5.41) is 8.03. The molecule has 3 rings (SSSR count). The summed E-state index contributed by atoms with van der Waals surface area (Å²) in [4.78, 5) is 4.38. The Morgan fingerprint density at radius 1 is 1.40 bits per heavy atom. The van der Waals surface area contributed by atoms with Crippen LogP contribution in [0.25, 0.3) is 11.2 Å². The second-order valence-electron chi connectivity index (χ2n) is 6.92. The molecule has 2 heterocycles. The van der Waals surface area contributed by atoms with Crippen LogP contribution in [-0.2, 0) is 0 Å². The molecule has 1 saturated carbocycles. The van der Waals surface area contributed by atoms with Crippen LogP contribution in [0.15, 0.2) is 47.9 Å². The molecule has 0 bridgehead atoms. The first-order valence-corrected chi connectivity index (χ1v) is 8.99. The zero-order valence-electron chi connectivity index (χ0n) is 15.1. The lowest BCUT2D eigenvalue weighted by atomic mass is 10.0. The molecule has 5 heteroatoms. The average molecular weight is 337 g/mol. The predicted molar refractivity (Wildman–Crippen MR) is 104 cm³/mol. The van der Waals surface area contributed by atoms with Gasteiger partial charge < -0.3 is 11.1 Å². The summed E-state index contributed by atoms with van der Waals surface area (Å²) in [7, 11) is 0. The molecule has 0 amide bonds. The van der Waals surface area contributed by atoms with E-state index in [-0.39, 0.29) is 5.92 Å². The molecule has 0 unspecified atom stereocenters. The highest BCUT2D eigenvalue weighted by Crippen LogP contribution is 2.26. The Bertz CT molecular complexity index is 807. The number of fused-ring (bicyclic) bond motifs is 1. The molecule has 0 radical (unpaired) electrons. The van der Waals surface area contributed by atoms with Gasteiger partial charge in [-0.1, -0.05) is 39.3 Å². The van der Waals surface area contributed by atoms with Gasteiger partial charge in [-0.25, -0.2) is 9.51 Å². The van der Waals surface area contributed by atoms with Crippen LogP contribution in [0.4, 0.5) is 0 Å². The molecule has 0 aromatic carbocycles. The van der Waals surface area contributed by atoms with E-state index in [9.17, 15) is 0 Å². The number of nitrogens with zero attached hydrogens (tertiary/aromatic N) is 3. The highest BCUT2D eigenvalue weighted by molar-refractivity contribution is 5.89. The minimum atomic E-state index is 0.290. The van der Waals surface area contributed by atoms with Crippen molar-refractivity contribution in [1.29, 1.82) is 0 Å². The second-order valence-corrected chi connectivity index (χ2v) is 6.92. The maximum atomic E-state index is 6.36. The van der Waals surface area contributed by atoms with Gasteiger partial charge in [-0.3, -0.25) is 0 Å². The lowest BCUT2D eigenvalue weighted by Gasteiger charge is -2.11. The standard InChI is InChI=1S/C20H27N5/c1-14(2)20-19(18-10-6-7-13-25(18)24-20)17(21)11-12-22-15(3)23-16-8-4-5-9-16/h6-7,10-14,16,23H,3-5,8-9,21H2,1-2H3/b17-11-,22-12?. The Hall–Kier alpha value is -2.56. The van der Waals surface area contributed by atoms with E-state index in [1.165, 1.54) is 25.7 Å². The molecule has 5 nitrogen and oxygen atoms in total.